The van der Waals surface area contributed by atoms with Gasteiger partial charge >= 0.3 is 0 Å². The SMILES string of the molecule is Clc1cnc(/C=C/c2cc3ccc(Br)cc3[nH]2)cn1. The summed E-state index contributed by atoms with van der Waals surface area (Å²) in [4.78, 5) is 11.5. The minimum absolute atomic E-state index is 0.396. The van der Waals surface area contributed by atoms with Crippen LogP contribution >= 0.6 is 27.5 Å². The molecule has 0 bridgehead atoms. The van der Waals surface area contributed by atoms with Crippen LogP contribution in [0.2, 0.25) is 5.15 Å². The predicted octanol–water partition coefficient (Wildman–Crippen LogP) is 4.54. The number of aromatic nitrogens is 3. The summed E-state index contributed by atoms with van der Waals surface area (Å²) in [6.45, 7) is 0. The zero-order chi connectivity index (χ0) is 13.2. The van der Waals surface area contributed by atoms with Crippen molar-refractivity contribution in [1.29, 1.82) is 0 Å². The number of hydrogen-bond acceptors (Lipinski definition) is 2. The van der Waals surface area contributed by atoms with Gasteiger partial charge in [-0.15, -0.1) is 0 Å². The lowest BCUT2D eigenvalue weighted by atomic mass is 10.2. The number of benzene rings is 1. The van der Waals surface area contributed by atoms with E-state index in [0.29, 0.717) is 5.15 Å². The van der Waals surface area contributed by atoms with Crippen LogP contribution in [0.1, 0.15) is 11.4 Å². The summed E-state index contributed by atoms with van der Waals surface area (Å²) in [6.07, 6.45) is 7.02. The lowest BCUT2D eigenvalue weighted by Gasteiger charge is -1.91. The Bertz CT molecular complexity index is 747. The first-order valence-electron chi connectivity index (χ1n) is 5.64. The molecule has 0 radical (unpaired) electrons. The molecule has 1 N–H and O–H groups in total. The normalized spacial score (nSPS) is 11.5. The van der Waals surface area contributed by atoms with Gasteiger partial charge in [0.1, 0.15) is 5.15 Å². The molecule has 0 amide bonds. The minimum Gasteiger partial charge on any atom is -0.355 e. The summed E-state index contributed by atoms with van der Waals surface area (Å²) < 4.78 is 1.06. The molecule has 2 aromatic heterocycles. The van der Waals surface area contributed by atoms with E-state index in [0.717, 1.165) is 21.4 Å². The number of aromatic amines is 1. The lowest BCUT2D eigenvalue weighted by molar-refractivity contribution is 1.18. The molecule has 0 aliphatic rings. The van der Waals surface area contributed by atoms with E-state index < -0.39 is 0 Å². The molecule has 0 fully saturated rings. The van der Waals surface area contributed by atoms with Gasteiger partial charge in [0.25, 0.3) is 0 Å². The zero-order valence-corrected chi connectivity index (χ0v) is 12.1. The molecule has 94 valence electrons. The van der Waals surface area contributed by atoms with Crippen LogP contribution in [0, 0.1) is 0 Å². The van der Waals surface area contributed by atoms with Gasteiger partial charge in [-0.2, -0.15) is 0 Å². The predicted molar refractivity (Wildman–Crippen MR) is 82.0 cm³/mol. The number of halogens is 2. The van der Waals surface area contributed by atoms with Crippen LogP contribution in [0.3, 0.4) is 0 Å². The van der Waals surface area contributed by atoms with Crippen LogP contribution in [-0.4, -0.2) is 15.0 Å². The quantitative estimate of drug-likeness (QED) is 0.747. The topological polar surface area (TPSA) is 41.6 Å². The Kier molecular flexibility index (Phi) is 3.36. The highest BCUT2D eigenvalue weighted by Gasteiger charge is 1.99. The van der Waals surface area contributed by atoms with Gasteiger partial charge in [-0.1, -0.05) is 33.6 Å². The van der Waals surface area contributed by atoms with Crippen molar-refractivity contribution >= 4 is 50.6 Å². The molecule has 0 aliphatic heterocycles. The Hall–Kier alpha value is -1.65. The second kappa shape index (κ2) is 5.15. The van der Waals surface area contributed by atoms with Gasteiger partial charge in [0, 0.05) is 21.1 Å². The summed E-state index contributed by atoms with van der Waals surface area (Å²) >= 11 is 9.14. The summed E-state index contributed by atoms with van der Waals surface area (Å²) in [7, 11) is 0. The van der Waals surface area contributed by atoms with E-state index in [-0.39, 0.29) is 0 Å². The minimum atomic E-state index is 0.396. The molecule has 0 spiro atoms. The molecule has 0 aliphatic carbocycles. The summed E-state index contributed by atoms with van der Waals surface area (Å²) in [6, 6.07) is 8.22. The Morgan fingerprint density at radius 3 is 2.79 bits per heavy atom. The number of hydrogen-bond donors (Lipinski definition) is 1. The number of nitrogens with zero attached hydrogens (tertiary/aromatic N) is 2. The van der Waals surface area contributed by atoms with Crippen LogP contribution in [0.5, 0.6) is 0 Å². The molecule has 3 rings (SSSR count). The molecule has 0 saturated carbocycles. The average Bonchev–Trinajstić information content (AvgIpc) is 2.80. The standard InChI is InChI=1S/C14H9BrClN3/c15-10-2-1-9-5-11(19-13(9)6-10)3-4-12-7-18-14(16)8-17-12/h1-8,19H/b4-3+. The molecule has 3 nitrogen and oxygen atoms in total. The molecular weight excluding hydrogens is 326 g/mol. The maximum atomic E-state index is 5.69. The second-order valence-corrected chi connectivity index (χ2v) is 5.36. The molecule has 19 heavy (non-hydrogen) atoms. The van der Waals surface area contributed by atoms with E-state index in [4.69, 9.17) is 11.6 Å². The molecule has 0 unspecified atom stereocenters. The molecule has 3 aromatic rings. The third-order valence-corrected chi connectivity index (χ3v) is 3.37. The first kappa shape index (κ1) is 12.4. The second-order valence-electron chi connectivity index (χ2n) is 4.05. The van der Waals surface area contributed by atoms with E-state index in [1.807, 2.05) is 18.2 Å². The Morgan fingerprint density at radius 1 is 1.11 bits per heavy atom. The van der Waals surface area contributed by atoms with Crippen molar-refractivity contribution in [3.8, 4) is 0 Å². The molecule has 2 heterocycles. The maximum absolute atomic E-state index is 5.69. The highest BCUT2D eigenvalue weighted by atomic mass is 79.9. The Labute approximate surface area is 123 Å². The van der Waals surface area contributed by atoms with Gasteiger partial charge < -0.3 is 4.98 Å². The smallest absolute Gasteiger partial charge is 0.147 e. The van der Waals surface area contributed by atoms with E-state index in [2.05, 4.69) is 49.1 Å². The van der Waals surface area contributed by atoms with Crippen molar-refractivity contribution in [2.45, 2.75) is 0 Å². The van der Waals surface area contributed by atoms with E-state index in [1.165, 1.54) is 11.6 Å². The van der Waals surface area contributed by atoms with E-state index in [9.17, 15) is 0 Å². The fourth-order valence-electron chi connectivity index (χ4n) is 1.80. The molecule has 0 saturated heterocycles. The first-order valence-corrected chi connectivity index (χ1v) is 6.82. The van der Waals surface area contributed by atoms with Gasteiger partial charge in [0.05, 0.1) is 18.1 Å². The number of nitrogens with one attached hydrogen (secondary N) is 1. The van der Waals surface area contributed by atoms with Crippen molar-refractivity contribution in [2.75, 3.05) is 0 Å². The fourth-order valence-corrected chi connectivity index (χ4v) is 2.25. The highest BCUT2D eigenvalue weighted by Crippen LogP contribution is 2.21. The van der Waals surface area contributed by atoms with Crippen LogP contribution in [0.4, 0.5) is 0 Å². The third-order valence-electron chi connectivity index (χ3n) is 2.68. The molecule has 5 heteroatoms. The fraction of sp³-hybridized carbons (Fsp3) is 0. The summed E-state index contributed by atoms with van der Waals surface area (Å²) in [5.41, 5.74) is 2.88. The molecule has 1 aromatic carbocycles. The van der Waals surface area contributed by atoms with Crippen LogP contribution in [0.25, 0.3) is 23.1 Å². The van der Waals surface area contributed by atoms with E-state index >= 15 is 0 Å². The van der Waals surface area contributed by atoms with Gasteiger partial charge in [0.2, 0.25) is 0 Å². The number of rotatable bonds is 2. The van der Waals surface area contributed by atoms with Crippen LogP contribution in [-0.2, 0) is 0 Å². The number of fused-ring (bicyclic) bond motifs is 1. The first-order chi connectivity index (χ1) is 9.20. The summed E-state index contributed by atoms with van der Waals surface area (Å²) in [5.74, 6) is 0. The van der Waals surface area contributed by atoms with Crippen molar-refractivity contribution in [2.24, 2.45) is 0 Å². The Balaban J connectivity index is 1.90. The van der Waals surface area contributed by atoms with E-state index in [1.54, 1.807) is 6.20 Å². The van der Waals surface area contributed by atoms with Gasteiger partial charge in [-0.05, 0) is 30.4 Å². The maximum Gasteiger partial charge on any atom is 0.147 e. The molecular formula is C14H9BrClN3. The largest absolute Gasteiger partial charge is 0.355 e. The van der Waals surface area contributed by atoms with Crippen molar-refractivity contribution < 1.29 is 0 Å². The van der Waals surface area contributed by atoms with Crippen LogP contribution in [0.15, 0.2) is 41.1 Å². The number of H-pyrrole nitrogens is 1. The van der Waals surface area contributed by atoms with Crippen LogP contribution < -0.4 is 0 Å². The summed E-state index contributed by atoms with van der Waals surface area (Å²) in [5, 5.41) is 1.57. The Morgan fingerprint density at radius 2 is 2.00 bits per heavy atom. The highest BCUT2D eigenvalue weighted by molar-refractivity contribution is 9.10. The van der Waals surface area contributed by atoms with Gasteiger partial charge in [-0.25, -0.2) is 4.98 Å². The van der Waals surface area contributed by atoms with Crippen molar-refractivity contribution in [3.05, 3.63) is 57.7 Å². The zero-order valence-electron chi connectivity index (χ0n) is 9.77. The monoisotopic (exact) mass is 333 g/mol. The van der Waals surface area contributed by atoms with Gasteiger partial charge in [-0.3, -0.25) is 4.98 Å². The van der Waals surface area contributed by atoms with Crippen molar-refractivity contribution in [1.82, 2.24) is 15.0 Å². The van der Waals surface area contributed by atoms with Gasteiger partial charge in [0.15, 0.2) is 0 Å². The average molecular weight is 335 g/mol. The third kappa shape index (κ3) is 2.85. The lowest BCUT2D eigenvalue weighted by Crippen LogP contribution is -1.82. The molecule has 0 atom stereocenters. The van der Waals surface area contributed by atoms with Crippen molar-refractivity contribution in [3.63, 3.8) is 0 Å².